The van der Waals surface area contributed by atoms with Crippen molar-refractivity contribution in [3.05, 3.63) is 75.8 Å². The van der Waals surface area contributed by atoms with Crippen LogP contribution in [0.5, 0.6) is 0 Å². The summed E-state index contributed by atoms with van der Waals surface area (Å²) < 4.78 is 0. The predicted octanol–water partition coefficient (Wildman–Crippen LogP) is 4.44. The normalized spacial score (nSPS) is 10.4. The number of benzene rings is 2. The van der Waals surface area contributed by atoms with Gasteiger partial charge in [-0.3, -0.25) is 14.9 Å². The van der Waals surface area contributed by atoms with Crippen LogP contribution in [-0.4, -0.2) is 26.8 Å². The van der Waals surface area contributed by atoms with Crippen LogP contribution in [0.25, 0.3) is 11.3 Å². The molecule has 1 N–H and O–H groups in total. The van der Waals surface area contributed by atoms with E-state index in [9.17, 15) is 14.9 Å². The van der Waals surface area contributed by atoms with Gasteiger partial charge in [0, 0.05) is 17.7 Å². The van der Waals surface area contributed by atoms with E-state index in [1.54, 1.807) is 48.5 Å². The minimum absolute atomic E-state index is 0.0102. The molecule has 0 unspecified atom stereocenters. The Kier molecular flexibility index (Phi) is 6.00. The summed E-state index contributed by atoms with van der Waals surface area (Å²) in [5.74, 6) is -0.0616. The van der Waals surface area contributed by atoms with Gasteiger partial charge in [-0.2, -0.15) is 0 Å². The SMILES string of the molecule is O=C(CSc1ccc(-c2cccc([N+](=O)[O-])c2)nn1)Nc1ccccc1Cl. The van der Waals surface area contributed by atoms with Gasteiger partial charge < -0.3 is 5.32 Å². The molecule has 0 radical (unpaired) electrons. The molecule has 0 spiro atoms. The highest BCUT2D eigenvalue weighted by Gasteiger charge is 2.10. The highest BCUT2D eigenvalue weighted by Crippen LogP contribution is 2.24. The molecule has 0 bridgehead atoms. The fourth-order valence-corrected chi connectivity index (χ4v) is 3.02. The van der Waals surface area contributed by atoms with E-state index >= 15 is 0 Å². The first kappa shape index (κ1) is 18.8. The van der Waals surface area contributed by atoms with Crippen molar-refractivity contribution in [2.45, 2.75) is 5.03 Å². The number of rotatable bonds is 6. The first-order valence-electron chi connectivity index (χ1n) is 7.78. The maximum absolute atomic E-state index is 12.0. The van der Waals surface area contributed by atoms with Crippen molar-refractivity contribution in [1.82, 2.24) is 10.2 Å². The molecule has 0 aliphatic heterocycles. The molecular weight excluding hydrogens is 388 g/mol. The largest absolute Gasteiger partial charge is 0.324 e. The Labute approximate surface area is 163 Å². The Hall–Kier alpha value is -2.97. The van der Waals surface area contributed by atoms with E-state index in [-0.39, 0.29) is 17.3 Å². The highest BCUT2D eigenvalue weighted by atomic mass is 35.5. The van der Waals surface area contributed by atoms with Gasteiger partial charge in [0.1, 0.15) is 5.03 Å². The molecule has 136 valence electrons. The molecule has 3 aromatic rings. The van der Waals surface area contributed by atoms with E-state index in [2.05, 4.69) is 15.5 Å². The lowest BCUT2D eigenvalue weighted by molar-refractivity contribution is -0.384. The molecule has 1 heterocycles. The molecule has 2 aromatic carbocycles. The first-order chi connectivity index (χ1) is 13.0. The average Bonchev–Trinajstić information content (AvgIpc) is 2.69. The van der Waals surface area contributed by atoms with Crippen LogP contribution < -0.4 is 5.32 Å². The third-order valence-electron chi connectivity index (χ3n) is 3.49. The fraction of sp³-hybridized carbons (Fsp3) is 0.0556. The van der Waals surface area contributed by atoms with E-state index < -0.39 is 4.92 Å². The molecule has 9 heteroatoms. The number of halogens is 1. The Balaban J connectivity index is 1.61. The highest BCUT2D eigenvalue weighted by molar-refractivity contribution is 7.99. The van der Waals surface area contributed by atoms with E-state index in [1.807, 2.05) is 0 Å². The molecule has 1 amide bonds. The molecule has 0 atom stereocenters. The van der Waals surface area contributed by atoms with Crippen molar-refractivity contribution in [3.8, 4) is 11.3 Å². The van der Waals surface area contributed by atoms with Crippen LogP contribution in [0.15, 0.2) is 65.7 Å². The molecule has 0 aliphatic carbocycles. The van der Waals surface area contributed by atoms with Crippen molar-refractivity contribution in [3.63, 3.8) is 0 Å². The lowest BCUT2D eigenvalue weighted by Crippen LogP contribution is -2.14. The molecule has 0 aliphatic rings. The van der Waals surface area contributed by atoms with E-state index in [4.69, 9.17) is 11.6 Å². The van der Waals surface area contributed by atoms with Gasteiger partial charge >= 0.3 is 0 Å². The maximum atomic E-state index is 12.0. The lowest BCUT2D eigenvalue weighted by atomic mass is 10.1. The Bertz CT molecular complexity index is 982. The number of non-ortho nitro benzene ring substituents is 1. The topological polar surface area (TPSA) is 98.0 Å². The second-order valence-electron chi connectivity index (χ2n) is 5.38. The number of amides is 1. The van der Waals surface area contributed by atoms with E-state index in [1.165, 1.54) is 23.9 Å². The van der Waals surface area contributed by atoms with Gasteiger partial charge in [0.25, 0.3) is 5.69 Å². The van der Waals surface area contributed by atoms with Crippen LogP contribution in [0.4, 0.5) is 11.4 Å². The monoisotopic (exact) mass is 400 g/mol. The van der Waals surface area contributed by atoms with Gasteiger partial charge in [-0.25, -0.2) is 0 Å². The zero-order chi connectivity index (χ0) is 19.2. The van der Waals surface area contributed by atoms with Crippen molar-refractivity contribution < 1.29 is 9.72 Å². The summed E-state index contributed by atoms with van der Waals surface area (Å²) in [5.41, 5.74) is 1.66. The van der Waals surface area contributed by atoms with Crippen LogP contribution in [-0.2, 0) is 4.79 Å². The van der Waals surface area contributed by atoms with Crippen molar-refractivity contribution >= 4 is 40.6 Å². The van der Waals surface area contributed by atoms with E-state index in [0.29, 0.717) is 27.0 Å². The van der Waals surface area contributed by atoms with Gasteiger partial charge in [-0.15, -0.1) is 10.2 Å². The number of para-hydroxylation sites is 1. The second-order valence-corrected chi connectivity index (χ2v) is 6.78. The maximum Gasteiger partial charge on any atom is 0.270 e. The predicted molar refractivity (Wildman–Crippen MR) is 105 cm³/mol. The number of nitrogens with zero attached hydrogens (tertiary/aromatic N) is 3. The Morgan fingerprint density at radius 1 is 1.11 bits per heavy atom. The quantitative estimate of drug-likeness (QED) is 0.373. The summed E-state index contributed by atoms with van der Waals surface area (Å²) in [5, 5.41) is 22.8. The zero-order valence-corrected chi connectivity index (χ0v) is 15.4. The van der Waals surface area contributed by atoms with Gasteiger partial charge in [0.05, 0.1) is 27.1 Å². The van der Waals surface area contributed by atoms with Crippen molar-refractivity contribution in [2.75, 3.05) is 11.1 Å². The summed E-state index contributed by atoms with van der Waals surface area (Å²) in [6, 6.07) is 16.6. The number of carbonyl (C=O) groups is 1. The lowest BCUT2D eigenvalue weighted by Gasteiger charge is -2.06. The van der Waals surface area contributed by atoms with Gasteiger partial charge in [-0.05, 0) is 24.3 Å². The van der Waals surface area contributed by atoms with Crippen LogP contribution in [0.1, 0.15) is 0 Å². The van der Waals surface area contributed by atoms with Crippen molar-refractivity contribution in [2.24, 2.45) is 0 Å². The van der Waals surface area contributed by atoms with Gasteiger partial charge in [0.2, 0.25) is 5.91 Å². The standard InChI is InChI=1S/C18H13ClN4O3S/c19-14-6-1-2-7-16(14)20-17(24)11-27-18-9-8-15(21-22-18)12-4-3-5-13(10-12)23(25)26/h1-10H,11H2,(H,20,24). The molecule has 1 aromatic heterocycles. The summed E-state index contributed by atoms with van der Waals surface area (Å²) in [6.45, 7) is 0. The first-order valence-corrected chi connectivity index (χ1v) is 9.15. The number of hydrogen-bond acceptors (Lipinski definition) is 6. The zero-order valence-electron chi connectivity index (χ0n) is 13.8. The number of carbonyl (C=O) groups excluding carboxylic acids is 1. The Morgan fingerprint density at radius 3 is 2.63 bits per heavy atom. The number of aromatic nitrogens is 2. The molecule has 0 saturated heterocycles. The third-order valence-corrected chi connectivity index (χ3v) is 4.74. The Morgan fingerprint density at radius 2 is 1.93 bits per heavy atom. The number of nitrogens with one attached hydrogen (secondary N) is 1. The van der Waals surface area contributed by atoms with Gasteiger partial charge in [0.15, 0.2) is 0 Å². The fourth-order valence-electron chi connectivity index (χ4n) is 2.22. The summed E-state index contributed by atoms with van der Waals surface area (Å²) >= 11 is 7.23. The average molecular weight is 401 g/mol. The second kappa shape index (κ2) is 8.61. The van der Waals surface area contributed by atoms with Crippen LogP contribution in [0, 0.1) is 10.1 Å². The molecule has 27 heavy (non-hydrogen) atoms. The third kappa shape index (κ3) is 5.02. The number of thioether (sulfide) groups is 1. The molecule has 0 fully saturated rings. The molecule has 7 nitrogen and oxygen atoms in total. The number of hydrogen-bond donors (Lipinski definition) is 1. The van der Waals surface area contributed by atoms with Gasteiger partial charge in [-0.1, -0.05) is 47.6 Å². The van der Waals surface area contributed by atoms with Crippen molar-refractivity contribution in [1.29, 1.82) is 0 Å². The number of anilines is 1. The van der Waals surface area contributed by atoms with Crippen LogP contribution in [0.2, 0.25) is 5.02 Å². The smallest absolute Gasteiger partial charge is 0.270 e. The van der Waals surface area contributed by atoms with Crippen LogP contribution in [0.3, 0.4) is 0 Å². The molecule has 0 saturated carbocycles. The molecule has 3 rings (SSSR count). The summed E-state index contributed by atoms with van der Waals surface area (Å²) in [6.07, 6.45) is 0. The minimum atomic E-state index is -0.460. The minimum Gasteiger partial charge on any atom is -0.324 e. The number of nitro benzene ring substituents is 1. The molecular formula is C18H13ClN4O3S. The van der Waals surface area contributed by atoms with E-state index in [0.717, 1.165) is 0 Å². The summed E-state index contributed by atoms with van der Waals surface area (Å²) in [7, 11) is 0. The number of nitro groups is 1. The summed E-state index contributed by atoms with van der Waals surface area (Å²) in [4.78, 5) is 22.4. The van der Waals surface area contributed by atoms with Crippen LogP contribution >= 0.6 is 23.4 Å².